The predicted molar refractivity (Wildman–Crippen MR) is 65.5 cm³/mol. The van der Waals surface area contributed by atoms with Gasteiger partial charge >= 0.3 is 0 Å². The van der Waals surface area contributed by atoms with Crippen LogP contribution in [0.5, 0.6) is 0 Å². The summed E-state index contributed by atoms with van der Waals surface area (Å²) in [5.41, 5.74) is 0.753. The van der Waals surface area contributed by atoms with Crippen molar-refractivity contribution >= 4 is 11.6 Å². The Bertz CT molecular complexity index is 319. The largest absolute Gasteiger partial charge is 0.317 e. The van der Waals surface area contributed by atoms with E-state index >= 15 is 0 Å². The Morgan fingerprint density at radius 2 is 1.88 bits per heavy atom. The number of hydrogen-bond donors (Lipinski definition) is 1. The first kappa shape index (κ1) is 11.9. The molecule has 0 spiro atoms. The molecule has 88 valence electrons. The SMILES string of the molecule is FC(CC1CCNCC1)c1ccc(Cl)cc1. The highest BCUT2D eigenvalue weighted by Crippen LogP contribution is 2.29. The van der Waals surface area contributed by atoms with Crippen LogP contribution in [-0.4, -0.2) is 13.1 Å². The molecule has 0 saturated carbocycles. The smallest absolute Gasteiger partial charge is 0.125 e. The van der Waals surface area contributed by atoms with Crippen molar-refractivity contribution in [1.82, 2.24) is 5.32 Å². The minimum Gasteiger partial charge on any atom is -0.317 e. The van der Waals surface area contributed by atoms with Gasteiger partial charge in [-0.15, -0.1) is 0 Å². The summed E-state index contributed by atoms with van der Waals surface area (Å²) in [6.45, 7) is 2.05. The monoisotopic (exact) mass is 241 g/mol. The molecule has 1 aliphatic rings. The van der Waals surface area contributed by atoms with E-state index < -0.39 is 6.17 Å². The Kier molecular flexibility index (Phi) is 4.19. The summed E-state index contributed by atoms with van der Waals surface area (Å²) < 4.78 is 14.0. The van der Waals surface area contributed by atoms with Gasteiger partial charge in [-0.05, 0) is 56.0 Å². The van der Waals surface area contributed by atoms with Gasteiger partial charge in [0.15, 0.2) is 0 Å². The Morgan fingerprint density at radius 3 is 2.50 bits per heavy atom. The molecule has 1 unspecified atom stereocenters. The average Bonchev–Trinajstić information content (AvgIpc) is 2.31. The number of benzene rings is 1. The lowest BCUT2D eigenvalue weighted by Gasteiger charge is -2.24. The van der Waals surface area contributed by atoms with Crippen LogP contribution in [0.3, 0.4) is 0 Å². The molecule has 2 rings (SSSR count). The van der Waals surface area contributed by atoms with E-state index in [1.807, 2.05) is 0 Å². The molecule has 3 heteroatoms. The van der Waals surface area contributed by atoms with Crippen LogP contribution in [0.4, 0.5) is 4.39 Å². The molecule has 1 atom stereocenters. The molecule has 0 radical (unpaired) electrons. The van der Waals surface area contributed by atoms with E-state index in [1.54, 1.807) is 24.3 Å². The number of alkyl halides is 1. The molecule has 1 N–H and O–H groups in total. The first-order valence-corrected chi connectivity index (χ1v) is 6.24. The number of nitrogens with one attached hydrogen (secondary N) is 1. The lowest BCUT2D eigenvalue weighted by molar-refractivity contribution is 0.240. The summed E-state index contributed by atoms with van der Waals surface area (Å²) in [6, 6.07) is 7.08. The number of halogens is 2. The van der Waals surface area contributed by atoms with E-state index in [0.717, 1.165) is 31.5 Å². The molecule has 0 amide bonds. The first-order chi connectivity index (χ1) is 7.75. The van der Waals surface area contributed by atoms with Gasteiger partial charge < -0.3 is 5.32 Å². The van der Waals surface area contributed by atoms with Crippen LogP contribution in [0.25, 0.3) is 0 Å². The van der Waals surface area contributed by atoms with Crippen LogP contribution in [0.15, 0.2) is 24.3 Å². The van der Waals surface area contributed by atoms with Crippen molar-refractivity contribution in [3.8, 4) is 0 Å². The highest BCUT2D eigenvalue weighted by atomic mass is 35.5. The molecule has 0 bridgehead atoms. The third-order valence-electron chi connectivity index (χ3n) is 3.23. The molecule has 1 nitrogen and oxygen atoms in total. The number of piperidine rings is 1. The summed E-state index contributed by atoms with van der Waals surface area (Å²) in [5.74, 6) is 0.520. The normalized spacial score (nSPS) is 19.6. The van der Waals surface area contributed by atoms with Crippen LogP contribution in [0.1, 0.15) is 31.0 Å². The lowest BCUT2D eigenvalue weighted by Crippen LogP contribution is -2.28. The highest BCUT2D eigenvalue weighted by Gasteiger charge is 2.19. The maximum atomic E-state index is 14.0. The second-order valence-corrected chi connectivity index (χ2v) is 4.88. The lowest BCUT2D eigenvalue weighted by atomic mass is 9.90. The van der Waals surface area contributed by atoms with Crippen molar-refractivity contribution in [2.24, 2.45) is 5.92 Å². The summed E-state index contributed by atoms with van der Waals surface area (Å²) in [6.07, 6.45) is 1.98. The van der Waals surface area contributed by atoms with E-state index in [9.17, 15) is 4.39 Å². The zero-order valence-electron chi connectivity index (χ0n) is 9.26. The van der Waals surface area contributed by atoms with Gasteiger partial charge in [0.05, 0.1) is 0 Å². The zero-order valence-corrected chi connectivity index (χ0v) is 10.0. The van der Waals surface area contributed by atoms with Gasteiger partial charge in [0.1, 0.15) is 6.17 Å². The maximum absolute atomic E-state index is 14.0. The third kappa shape index (κ3) is 3.19. The summed E-state index contributed by atoms with van der Waals surface area (Å²) in [4.78, 5) is 0. The first-order valence-electron chi connectivity index (χ1n) is 5.86. The molecule has 1 aromatic rings. The molecule has 1 heterocycles. The van der Waals surface area contributed by atoms with Gasteiger partial charge in [-0.3, -0.25) is 0 Å². The van der Waals surface area contributed by atoms with Crippen molar-refractivity contribution < 1.29 is 4.39 Å². The van der Waals surface area contributed by atoms with Gasteiger partial charge in [0.2, 0.25) is 0 Å². The van der Waals surface area contributed by atoms with E-state index in [1.165, 1.54) is 0 Å². The molecular formula is C13H17ClFN. The van der Waals surface area contributed by atoms with E-state index in [4.69, 9.17) is 11.6 Å². The Morgan fingerprint density at radius 1 is 1.25 bits per heavy atom. The zero-order chi connectivity index (χ0) is 11.4. The van der Waals surface area contributed by atoms with Gasteiger partial charge in [-0.1, -0.05) is 23.7 Å². The van der Waals surface area contributed by atoms with Crippen molar-refractivity contribution in [2.75, 3.05) is 13.1 Å². The van der Waals surface area contributed by atoms with Crippen LogP contribution in [0.2, 0.25) is 5.02 Å². The van der Waals surface area contributed by atoms with Crippen LogP contribution < -0.4 is 5.32 Å². The fourth-order valence-electron chi connectivity index (χ4n) is 2.22. The predicted octanol–water partition coefficient (Wildman–Crippen LogP) is 3.74. The van der Waals surface area contributed by atoms with Gasteiger partial charge in [-0.2, -0.15) is 0 Å². The molecule has 0 aliphatic carbocycles. The quantitative estimate of drug-likeness (QED) is 0.850. The van der Waals surface area contributed by atoms with Gasteiger partial charge in [0, 0.05) is 5.02 Å². The molecule has 16 heavy (non-hydrogen) atoms. The molecule has 1 fully saturated rings. The number of hydrogen-bond acceptors (Lipinski definition) is 1. The van der Waals surface area contributed by atoms with Crippen LogP contribution >= 0.6 is 11.6 Å². The highest BCUT2D eigenvalue weighted by molar-refractivity contribution is 6.30. The number of rotatable bonds is 3. The molecule has 1 aliphatic heterocycles. The minimum atomic E-state index is -0.847. The topological polar surface area (TPSA) is 12.0 Å². The van der Waals surface area contributed by atoms with Crippen LogP contribution in [-0.2, 0) is 0 Å². The third-order valence-corrected chi connectivity index (χ3v) is 3.48. The maximum Gasteiger partial charge on any atom is 0.125 e. The van der Waals surface area contributed by atoms with Gasteiger partial charge in [-0.25, -0.2) is 4.39 Å². The Balaban J connectivity index is 1.91. The Hall–Kier alpha value is -0.600. The van der Waals surface area contributed by atoms with Crippen molar-refractivity contribution in [1.29, 1.82) is 0 Å². The summed E-state index contributed by atoms with van der Waals surface area (Å²) in [7, 11) is 0. The van der Waals surface area contributed by atoms with E-state index in [-0.39, 0.29) is 0 Å². The fraction of sp³-hybridized carbons (Fsp3) is 0.538. The molecule has 0 aromatic heterocycles. The molecule has 1 saturated heterocycles. The van der Waals surface area contributed by atoms with Crippen molar-refractivity contribution in [3.63, 3.8) is 0 Å². The Labute approximate surface area is 101 Å². The van der Waals surface area contributed by atoms with E-state index in [0.29, 0.717) is 17.4 Å². The summed E-state index contributed by atoms with van der Waals surface area (Å²) in [5, 5.41) is 3.96. The standard InChI is InChI=1S/C13H17ClFN/c14-12-3-1-11(2-4-12)13(15)9-10-5-7-16-8-6-10/h1-4,10,13,16H,5-9H2. The minimum absolute atomic E-state index is 0.520. The second-order valence-electron chi connectivity index (χ2n) is 4.45. The fourth-order valence-corrected chi connectivity index (χ4v) is 2.34. The summed E-state index contributed by atoms with van der Waals surface area (Å²) >= 11 is 5.78. The molecular weight excluding hydrogens is 225 g/mol. The van der Waals surface area contributed by atoms with Crippen molar-refractivity contribution in [2.45, 2.75) is 25.4 Å². The van der Waals surface area contributed by atoms with E-state index in [2.05, 4.69) is 5.32 Å². The van der Waals surface area contributed by atoms with Crippen molar-refractivity contribution in [3.05, 3.63) is 34.9 Å². The second kappa shape index (κ2) is 5.65. The van der Waals surface area contributed by atoms with Gasteiger partial charge in [0.25, 0.3) is 0 Å². The van der Waals surface area contributed by atoms with Crippen LogP contribution in [0, 0.1) is 5.92 Å². The average molecular weight is 242 g/mol. The molecule has 1 aromatic carbocycles.